The van der Waals surface area contributed by atoms with Gasteiger partial charge in [0.2, 0.25) is 11.8 Å². The lowest BCUT2D eigenvalue weighted by molar-refractivity contribution is -0.136. The molecular formula is C32H45N3O5. The first-order chi connectivity index (χ1) is 18.8. The van der Waals surface area contributed by atoms with Crippen molar-refractivity contribution in [3.63, 3.8) is 0 Å². The lowest BCUT2D eigenvalue weighted by atomic mass is 9.95. The van der Waals surface area contributed by atoms with Crippen LogP contribution in [0.1, 0.15) is 69.2 Å². The molecular weight excluding hydrogens is 506 g/mol. The molecule has 1 aliphatic rings. The van der Waals surface area contributed by atoms with Gasteiger partial charge in [0.05, 0.1) is 0 Å². The van der Waals surface area contributed by atoms with Crippen molar-refractivity contribution in [2.45, 2.75) is 91.3 Å². The lowest BCUT2D eigenvalue weighted by Gasteiger charge is -2.28. The molecule has 1 fully saturated rings. The lowest BCUT2D eigenvalue weighted by Crippen LogP contribution is -2.55. The number of hydrogen-bond acceptors (Lipinski definition) is 5. The van der Waals surface area contributed by atoms with Gasteiger partial charge in [-0.05, 0) is 108 Å². The molecule has 218 valence electrons. The van der Waals surface area contributed by atoms with E-state index in [9.17, 15) is 19.5 Å². The van der Waals surface area contributed by atoms with E-state index in [0.29, 0.717) is 19.0 Å². The number of benzene rings is 2. The topological polar surface area (TPSA) is 108 Å². The number of aryl methyl sites for hydroxylation is 3. The molecule has 2 aromatic rings. The summed E-state index contributed by atoms with van der Waals surface area (Å²) in [5.41, 5.74) is 2.95. The number of carbonyl (C=O) groups excluding carboxylic acids is 3. The van der Waals surface area contributed by atoms with Crippen molar-refractivity contribution in [2.24, 2.45) is 5.92 Å². The maximum Gasteiger partial charge on any atom is 0.408 e. The Labute approximate surface area is 238 Å². The summed E-state index contributed by atoms with van der Waals surface area (Å²) in [5.74, 6) is 0.0725. The van der Waals surface area contributed by atoms with Gasteiger partial charge < -0.3 is 25.4 Å². The number of ether oxygens (including phenoxy) is 1. The number of phenols is 1. The molecule has 40 heavy (non-hydrogen) atoms. The van der Waals surface area contributed by atoms with Crippen LogP contribution in [-0.2, 0) is 27.2 Å². The molecule has 0 aliphatic heterocycles. The fraction of sp³-hybridized carbons (Fsp3) is 0.531. The third-order valence-corrected chi connectivity index (χ3v) is 7.05. The highest BCUT2D eigenvalue weighted by Crippen LogP contribution is 2.30. The number of phenolic OH excluding ortho intramolecular Hbond substituents is 1. The van der Waals surface area contributed by atoms with Gasteiger partial charge in [-0.1, -0.05) is 30.3 Å². The van der Waals surface area contributed by atoms with Crippen molar-refractivity contribution in [1.82, 2.24) is 15.5 Å². The van der Waals surface area contributed by atoms with E-state index in [0.717, 1.165) is 42.4 Å². The first kappa shape index (κ1) is 31.0. The minimum Gasteiger partial charge on any atom is -0.508 e. The van der Waals surface area contributed by atoms with Crippen LogP contribution >= 0.6 is 0 Å². The van der Waals surface area contributed by atoms with Crippen molar-refractivity contribution >= 4 is 17.9 Å². The summed E-state index contributed by atoms with van der Waals surface area (Å²) in [6.45, 7) is 12.0. The van der Waals surface area contributed by atoms with Crippen LogP contribution in [0.2, 0.25) is 0 Å². The second kappa shape index (κ2) is 13.7. The second-order valence-electron chi connectivity index (χ2n) is 12.0. The molecule has 3 amide bonds. The molecule has 0 saturated heterocycles. The second-order valence-corrected chi connectivity index (χ2v) is 12.0. The van der Waals surface area contributed by atoms with E-state index in [2.05, 4.69) is 22.8 Å². The van der Waals surface area contributed by atoms with E-state index < -0.39 is 29.7 Å². The summed E-state index contributed by atoms with van der Waals surface area (Å²) < 4.78 is 5.41. The molecule has 0 bridgehead atoms. The summed E-state index contributed by atoms with van der Waals surface area (Å²) in [7, 11) is 0. The zero-order valence-electron chi connectivity index (χ0n) is 24.8. The fourth-order valence-corrected chi connectivity index (χ4v) is 4.83. The van der Waals surface area contributed by atoms with E-state index in [1.807, 2.05) is 36.9 Å². The fourth-order valence-electron chi connectivity index (χ4n) is 4.83. The minimum atomic E-state index is -0.970. The largest absolute Gasteiger partial charge is 0.508 e. The summed E-state index contributed by atoms with van der Waals surface area (Å²) >= 11 is 0. The Hall–Kier alpha value is -3.55. The molecule has 3 N–H and O–H groups in total. The van der Waals surface area contributed by atoms with Crippen LogP contribution in [0.25, 0.3) is 0 Å². The SMILES string of the molecule is Cc1cc(O)cc(C)c1C[C@H](NC(=O)OC(C)(C)C)C(=O)N[C@H](C)C(=O)N(CCCc1ccccc1)CC1CC1. The summed E-state index contributed by atoms with van der Waals surface area (Å²) in [6.07, 6.45) is 3.44. The van der Waals surface area contributed by atoms with E-state index in [1.54, 1.807) is 39.8 Å². The predicted octanol–water partition coefficient (Wildman–Crippen LogP) is 4.82. The number of rotatable bonds is 12. The third kappa shape index (κ3) is 9.88. The molecule has 1 saturated carbocycles. The highest BCUT2D eigenvalue weighted by Gasteiger charge is 2.32. The van der Waals surface area contributed by atoms with E-state index in [1.165, 1.54) is 5.56 Å². The Morgan fingerprint density at radius 2 is 1.68 bits per heavy atom. The summed E-state index contributed by atoms with van der Waals surface area (Å²) in [4.78, 5) is 41.5. The third-order valence-electron chi connectivity index (χ3n) is 7.05. The number of carbonyl (C=O) groups is 3. The molecule has 1 aliphatic carbocycles. The van der Waals surface area contributed by atoms with Gasteiger partial charge in [-0.15, -0.1) is 0 Å². The van der Waals surface area contributed by atoms with Gasteiger partial charge in [0.25, 0.3) is 0 Å². The molecule has 8 nitrogen and oxygen atoms in total. The van der Waals surface area contributed by atoms with Crippen molar-refractivity contribution in [3.8, 4) is 5.75 Å². The van der Waals surface area contributed by atoms with Gasteiger partial charge in [-0.2, -0.15) is 0 Å². The normalized spacial score (nSPS) is 14.7. The number of nitrogens with zero attached hydrogens (tertiary/aromatic N) is 1. The van der Waals surface area contributed by atoms with Crippen molar-refractivity contribution in [1.29, 1.82) is 0 Å². The number of alkyl carbamates (subject to hydrolysis) is 1. The van der Waals surface area contributed by atoms with Crippen LogP contribution < -0.4 is 10.6 Å². The Bertz CT molecular complexity index is 1150. The van der Waals surface area contributed by atoms with Crippen LogP contribution in [0, 0.1) is 19.8 Å². The summed E-state index contributed by atoms with van der Waals surface area (Å²) in [5, 5.41) is 15.5. The Morgan fingerprint density at radius 1 is 1.05 bits per heavy atom. The Kier molecular flexibility index (Phi) is 10.6. The van der Waals surface area contributed by atoms with Crippen molar-refractivity contribution in [2.75, 3.05) is 13.1 Å². The maximum atomic E-state index is 13.5. The van der Waals surface area contributed by atoms with E-state index in [4.69, 9.17) is 4.74 Å². The van der Waals surface area contributed by atoms with E-state index >= 15 is 0 Å². The highest BCUT2D eigenvalue weighted by molar-refractivity contribution is 5.91. The highest BCUT2D eigenvalue weighted by atomic mass is 16.6. The van der Waals surface area contributed by atoms with Crippen LogP contribution in [0.3, 0.4) is 0 Å². The first-order valence-corrected chi connectivity index (χ1v) is 14.2. The molecule has 2 atom stereocenters. The van der Waals surface area contributed by atoms with Gasteiger partial charge in [-0.25, -0.2) is 4.79 Å². The molecule has 0 radical (unpaired) electrons. The number of hydrogen-bond donors (Lipinski definition) is 3. The van der Waals surface area contributed by atoms with Crippen molar-refractivity contribution < 1.29 is 24.2 Å². The van der Waals surface area contributed by atoms with Crippen LogP contribution in [0.5, 0.6) is 5.75 Å². The van der Waals surface area contributed by atoms with Gasteiger partial charge in [0.1, 0.15) is 23.4 Å². The van der Waals surface area contributed by atoms with Gasteiger partial charge in [0, 0.05) is 19.5 Å². The van der Waals surface area contributed by atoms with E-state index in [-0.39, 0.29) is 18.1 Å². The van der Waals surface area contributed by atoms with Crippen LogP contribution in [0.4, 0.5) is 4.79 Å². The van der Waals surface area contributed by atoms with Crippen LogP contribution in [-0.4, -0.2) is 58.7 Å². The molecule has 2 aromatic carbocycles. The zero-order chi connectivity index (χ0) is 29.4. The minimum absolute atomic E-state index is 0.124. The van der Waals surface area contributed by atoms with Gasteiger partial charge in [-0.3, -0.25) is 9.59 Å². The summed E-state index contributed by atoms with van der Waals surface area (Å²) in [6, 6.07) is 11.7. The van der Waals surface area contributed by atoms with Crippen LogP contribution in [0.15, 0.2) is 42.5 Å². The predicted molar refractivity (Wildman–Crippen MR) is 156 cm³/mol. The number of nitrogens with one attached hydrogen (secondary N) is 2. The quantitative estimate of drug-likeness (QED) is 0.351. The number of aromatic hydroxyl groups is 1. The molecule has 0 spiro atoms. The average Bonchev–Trinajstić information content (AvgIpc) is 3.68. The van der Waals surface area contributed by atoms with Gasteiger partial charge >= 0.3 is 6.09 Å². The average molecular weight is 552 g/mol. The molecule has 3 rings (SSSR count). The van der Waals surface area contributed by atoms with Gasteiger partial charge in [0.15, 0.2) is 0 Å². The molecule has 8 heteroatoms. The molecule has 0 heterocycles. The monoisotopic (exact) mass is 551 g/mol. The Morgan fingerprint density at radius 3 is 2.25 bits per heavy atom. The Balaban J connectivity index is 1.70. The molecule has 0 unspecified atom stereocenters. The first-order valence-electron chi connectivity index (χ1n) is 14.2. The smallest absolute Gasteiger partial charge is 0.408 e. The number of amides is 3. The van der Waals surface area contributed by atoms with Crippen molar-refractivity contribution in [3.05, 3.63) is 64.7 Å². The zero-order valence-corrected chi connectivity index (χ0v) is 24.8. The maximum absolute atomic E-state index is 13.5. The standard InChI is InChI=1S/C32H45N3O5/c1-21-17-26(36)18-22(2)27(21)19-28(34-31(39)40-32(4,5)6)29(37)33-23(3)30(38)35(20-25-14-15-25)16-10-13-24-11-8-7-9-12-24/h7-9,11-12,17-18,23,25,28,36H,10,13-16,19-20H2,1-6H3,(H,33,37)(H,34,39)/t23-,28+/m1/s1. The molecule has 0 aromatic heterocycles.